The summed E-state index contributed by atoms with van der Waals surface area (Å²) in [5.41, 5.74) is 1.52. The Hall–Kier alpha value is -2.74. The number of carbonyl (C=O) groups excluding carboxylic acids is 1. The van der Waals surface area contributed by atoms with E-state index >= 15 is 0 Å². The molecule has 1 heterocycles. The molecule has 0 aliphatic heterocycles. The quantitative estimate of drug-likeness (QED) is 0.576. The van der Waals surface area contributed by atoms with Crippen LogP contribution in [0.15, 0.2) is 83.9 Å². The highest BCUT2D eigenvalue weighted by Crippen LogP contribution is 2.15. The van der Waals surface area contributed by atoms with Crippen LogP contribution in [0.3, 0.4) is 0 Å². The molecule has 0 spiro atoms. The van der Waals surface area contributed by atoms with Crippen molar-refractivity contribution in [3.63, 3.8) is 0 Å². The first-order valence-corrected chi connectivity index (χ1v) is 10.8. The predicted octanol–water partition coefficient (Wildman–Crippen LogP) is 2.94. The van der Waals surface area contributed by atoms with Crippen LogP contribution in [0.5, 0.6) is 0 Å². The maximum absolute atomic E-state index is 12.8. The monoisotopic (exact) mass is 429 g/mol. The van der Waals surface area contributed by atoms with Crippen LogP contribution in [0.2, 0.25) is 5.02 Å². The van der Waals surface area contributed by atoms with Crippen molar-refractivity contribution in [2.75, 3.05) is 0 Å². The number of nitrogens with zero attached hydrogens (tertiary/aromatic N) is 1. The Balaban J connectivity index is 1.78. The summed E-state index contributed by atoms with van der Waals surface area (Å²) >= 11 is 5.84. The predicted molar refractivity (Wildman–Crippen MR) is 112 cm³/mol. The first-order chi connectivity index (χ1) is 13.9. The molecule has 0 saturated heterocycles. The van der Waals surface area contributed by atoms with Gasteiger partial charge in [0.05, 0.1) is 17.1 Å². The van der Waals surface area contributed by atoms with Gasteiger partial charge in [-0.2, -0.15) is 4.72 Å². The van der Waals surface area contributed by atoms with Crippen molar-refractivity contribution in [3.05, 3.63) is 95.3 Å². The Morgan fingerprint density at radius 3 is 2.31 bits per heavy atom. The molecule has 2 N–H and O–H groups in total. The number of rotatable bonds is 8. The summed E-state index contributed by atoms with van der Waals surface area (Å²) in [6, 6.07) is 19.4. The van der Waals surface area contributed by atoms with Crippen molar-refractivity contribution >= 4 is 27.5 Å². The zero-order chi connectivity index (χ0) is 20.7. The van der Waals surface area contributed by atoms with Gasteiger partial charge in [-0.15, -0.1) is 0 Å². The van der Waals surface area contributed by atoms with Crippen LogP contribution in [0.4, 0.5) is 0 Å². The van der Waals surface area contributed by atoms with Crippen molar-refractivity contribution in [1.29, 1.82) is 0 Å². The van der Waals surface area contributed by atoms with Crippen molar-refractivity contribution in [3.8, 4) is 0 Å². The average molecular weight is 430 g/mol. The van der Waals surface area contributed by atoms with Gasteiger partial charge in [0, 0.05) is 11.2 Å². The Morgan fingerprint density at radius 1 is 0.966 bits per heavy atom. The van der Waals surface area contributed by atoms with Crippen LogP contribution in [0, 0.1) is 0 Å². The fourth-order valence-corrected chi connectivity index (χ4v) is 4.03. The standard InChI is InChI=1S/C21H20ClN3O3S/c22-17-9-11-19(12-10-17)29(27,28)25-20(14-16-6-2-1-3-7-16)21(26)24-15-18-8-4-5-13-23-18/h1-13,20,25H,14-15H2,(H,24,26)/t20-/m1/s1. The molecule has 3 rings (SSSR count). The topological polar surface area (TPSA) is 88.2 Å². The highest BCUT2D eigenvalue weighted by molar-refractivity contribution is 7.89. The first-order valence-electron chi connectivity index (χ1n) is 8.93. The Morgan fingerprint density at radius 2 is 1.66 bits per heavy atom. The number of sulfonamides is 1. The second-order valence-corrected chi connectivity index (χ2v) is 8.51. The third-order valence-corrected chi connectivity index (χ3v) is 5.93. The second-order valence-electron chi connectivity index (χ2n) is 6.36. The number of pyridine rings is 1. The van der Waals surface area contributed by atoms with Crippen LogP contribution < -0.4 is 10.0 Å². The van der Waals surface area contributed by atoms with Gasteiger partial charge < -0.3 is 5.32 Å². The third kappa shape index (κ3) is 6.12. The lowest BCUT2D eigenvalue weighted by Gasteiger charge is -2.19. The molecule has 1 aromatic heterocycles. The molecule has 150 valence electrons. The summed E-state index contributed by atoms with van der Waals surface area (Å²) in [5.74, 6) is -0.433. The van der Waals surface area contributed by atoms with E-state index in [-0.39, 0.29) is 17.9 Å². The van der Waals surface area contributed by atoms with Crippen LogP contribution in [0.25, 0.3) is 0 Å². The van der Waals surface area contributed by atoms with Gasteiger partial charge >= 0.3 is 0 Å². The number of nitrogens with one attached hydrogen (secondary N) is 2. The lowest BCUT2D eigenvalue weighted by molar-refractivity contribution is -0.122. The number of hydrogen-bond acceptors (Lipinski definition) is 4. The van der Waals surface area contributed by atoms with E-state index in [9.17, 15) is 13.2 Å². The summed E-state index contributed by atoms with van der Waals surface area (Å²) in [5, 5.41) is 3.18. The number of halogens is 1. The summed E-state index contributed by atoms with van der Waals surface area (Å²) in [4.78, 5) is 17.0. The van der Waals surface area contributed by atoms with Crippen LogP contribution in [-0.2, 0) is 27.8 Å². The zero-order valence-corrected chi connectivity index (χ0v) is 17.0. The molecule has 0 bridgehead atoms. The van der Waals surface area contributed by atoms with E-state index in [1.54, 1.807) is 18.3 Å². The van der Waals surface area contributed by atoms with Crippen molar-refractivity contribution in [2.45, 2.75) is 23.9 Å². The largest absolute Gasteiger partial charge is 0.349 e. The van der Waals surface area contributed by atoms with E-state index in [0.717, 1.165) is 5.56 Å². The second kappa shape index (κ2) is 9.65. The summed E-state index contributed by atoms with van der Waals surface area (Å²) in [7, 11) is -3.91. The van der Waals surface area contributed by atoms with Crippen molar-refractivity contribution in [2.24, 2.45) is 0 Å². The Bertz CT molecular complexity index is 1040. The Kier molecular flexibility index (Phi) is 6.98. The highest BCUT2D eigenvalue weighted by atomic mass is 35.5. The van der Waals surface area contributed by atoms with Gasteiger partial charge in [-0.05, 0) is 48.4 Å². The lowest BCUT2D eigenvalue weighted by atomic mass is 10.1. The molecule has 2 aromatic carbocycles. The molecule has 8 heteroatoms. The number of hydrogen-bond donors (Lipinski definition) is 2. The fourth-order valence-electron chi connectivity index (χ4n) is 2.71. The molecule has 0 aliphatic carbocycles. The zero-order valence-electron chi connectivity index (χ0n) is 15.5. The molecule has 0 saturated carbocycles. The minimum absolute atomic E-state index is 0.0393. The van der Waals surface area contributed by atoms with Gasteiger partial charge in [0.25, 0.3) is 0 Å². The van der Waals surface area contributed by atoms with E-state index in [1.807, 2.05) is 36.4 Å². The molecule has 0 radical (unpaired) electrons. The maximum Gasteiger partial charge on any atom is 0.241 e. The molecule has 0 unspecified atom stereocenters. The molecule has 1 amide bonds. The molecule has 0 fully saturated rings. The SMILES string of the molecule is O=C(NCc1ccccn1)[C@@H](Cc1ccccc1)NS(=O)(=O)c1ccc(Cl)cc1. The number of carbonyl (C=O) groups is 1. The van der Waals surface area contributed by atoms with Gasteiger partial charge in [0.15, 0.2) is 0 Å². The highest BCUT2D eigenvalue weighted by Gasteiger charge is 2.26. The average Bonchev–Trinajstić information content (AvgIpc) is 2.73. The smallest absolute Gasteiger partial charge is 0.241 e. The molecule has 6 nitrogen and oxygen atoms in total. The van der Waals surface area contributed by atoms with Gasteiger partial charge in [-0.3, -0.25) is 9.78 Å². The Labute approximate surface area is 175 Å². The third-order valence-electron chi connectivity index (χ3n) is 4.19. The maximum atomic E-state index is 12.8. The minimum Gasteiger partial charge on any atom is -0.349 e. The first kappa shape index (κ1) is 21.0. The van der Waals surface area contributed by atoms with E-state index in [0.29, 0.717) is 10.7 Å². The fraction of sp³-hybridized carbons (Fsp3) is 0.143. The summed E-state index contributed by atoms with van der Waals surface area (Å²) in [6.45, 7) is 0.202. The van der Waals surface area contributed by atoms with Crippen LogP contribution in [0.1, 0.15) is 11.3 Å². The minimum atomic E-state index is -3.91. The molecule has 3 aromatic rings. The molecular formula is C21H20ClN3O3S. The van der Waals surface area contributed by atoms with Crippen LogP contribution >= 0.6 is 11.6 Å². The van der Waals surface area contributed by atoms with Crippen molar-refractivity contribution < 1.29 is 13.2 Å². The van der Waals surface area contributed by atoms with E-state index < -0.39 is 22.0 Å². The summed E-state index contributed by atoms with van der Waals surface area (Å²) < 4.78 is 28.1. The van der Waals surface area contributed by atoms with Gasteiger partial charge in [0.1, 0.15) is 6.04 Å². The molecule has 0 aliphatic rings. The normalized spacial score (nSPS) is 12.3. The van der Waals surface area contributed by atoms with Gasteiger partial charge in [-0.25, -0.2) is 8.42 Å². The number of benzene rings is 2. The molecule has 1 atom stereocenters. The van der Waals surface area contributed by atoms with E-state index in [2.05, 4.69) is 15.0 Å². The van der Waals surface area contributed by atoms with E-state index in [4.69, 9.17) is 11.6 Å². The van der Waals surface area contributed by atoms with Gasteiger partial charge in [-0.1, -0.05) is 48.0 Å². The van der Waals surface area contributed by atoms with E-state index in [1.165, 1.54) is 24.3 Å². The summed E-state index contributed by atoms with van der Waals surface area (Å²) in [6.07, 6.45) is 1.84. The van der Waals surface area contributed by atoms with Crippen molar-refractivity contribution in [1.82, 2.24) is 15.0 Å². The number of aromatic nitrogens is 1. The molecular weight excluding hydrogens is 410 g/mol. The number of amides is 1. The molecule has 29 heavy (non-hydrogen) atoms. The van der Waals surface area contributed by atoms with Gasteiger partial charge in [0.2, 0.25) is 15.9 Å². The van der Waals surface area contributed by atoms with Crippen LogP contribution in [-0.4, -0.2) is 25.4 Å². The lowest BCUT2D eigenvalue weighted by Crippen LogP contribution is -2.47.